The fourth-order valence-corrected chi connectivity index (χ4v) is 2.34. The summed E-state index contributed by atoms with van der Waals surface area (Å²) in [6.45, 7) is 2.63. The molecule has 2 rings (SSSR count). The second kappa shape index (κ2) is 1.85. The molecule has 0 saturated heterocycles. The van der Waals surface area contributed by atoms with Gasteiger partial charge in [0.15, 0.2) is 0 Å². The van der Waals surface area contributed by atoms with Crippen LogP contribution in [0.15, 0.2) is 11.6 Å². The lowest BCUT2D eigenvalue weighted by Crippen LogP contribution is -2.34. The van der Waals surface area contributed by atoms with Crippen LogP contribution in [-0.2, 0) is 0 Å². The number of hydrogen-bond donors (Lipinski definition) is 1. The molecule has 1 saturated carbocycles. The lowest BCUT2D eigenvalue weighted by molar-refractivity contribution is 0.0932. The molecule has 10 heavy (non-hydrogen) atoms. The van der Waals surface area contributed by atoms with E-state index in [0.717, 1.165) is 5.92 Å². The molecule has 0 heterocycles. The number of fused-ring (bicyclic) bond motifs is 1. The highest BCUT2D eigenvalue weighted by Gasteiger charge is 2.46. The molecule has 2 atom stereocenters. The van der Waals surface area contributed by atoms with Crippen LogP contribution in [0.5, 0.6) is 0 Å². The topological polar surface area (TPSA) is 20.2 Å². The van der Waals surface area contributed by atoms with Gasteiger partial charge in [-0.3, -0.25) is 0 Å². The van der Waals surface area contributed by atoms with Crippen molar-refractivity contribution in [1.82, 2.24) is 0 Å². The quantitative estimate of drug-likeness (QED) is 0.547. The first-order valence-corrected chi connectivity index (χ1v) is 4.06. The van der Waals surface area contributed by atoms with Gasteiger partial charge in [-0.1, -0.05) is 13.0 Å². The van der Waals surface area contributed by atoms with Gasteiger partial charge in [0.05, 0.1) is 6.61 Å². The molecule has 0 aromatic carbocycles. The zero-order valence-electron chi connectivity index (χ0n) is 6.43. The van der Waals surface area contributed by atoms with E-state index in [-0.39, 0.29) is 0 Å². The van der Waals surface area contributed by atoms with Crippen LogP contribution in [0.4, 0.5) is 0 Å². The van der Waals surface area contributed by atoms with E-state index in [1.165, 1.54) is 24.8 Å². The van der Waals surface area contributed by atoms with Gasteiger partial charge in [-0.15, -0.1) is 0 Å². The zero-order chi connectivity index (χ0) is 7.19. The van der Waals surface area contributed by atoms with Crippen molar-refractivity contribution in [3.63, 3.8) is 0 Å². The first-order chi connectivity index (χ1) is 4.76. The van der Waals surface area contributed by atoms with Crippen LogP contribution in [0.25, 0.3) is 0 Å². The van der Waals surface area contributed by atoms with Crippen LogP contribution in [0.2, 0.25) is 0 Å². The lowest BCUT2D eigenvalue weighted by atomic mass is 9.61. The molecule has 0 aliphatic heterocycles. The molecular formula is C9H14O. The molecule has 1 N–H and O–H groups in total. The van der Waals surface area contributed by atoms with E-state index < -0.39 is 0 Å². The third-order valence-electron chi connectivity index (χ3n) is 3.31. The van der Waals surface area contributed by atoms with Gasteiger partial charge in [-0.25, -0.2) is 0 Å². The Kier molecular flexibility index (Phi) is 1.19. The SMILES string of the molecule is C[C@@]12CC=C(CO)[C@@H]1CC2. The largest absolute Gasteiger partial charge is 0.392 e. The number of hydrogen-bond acceptors (Lipinski definition) is 1. The van der Waals surface area contributed by atoms with Gasteiger partial charge in [0, 0.05) is 0 Å². The Labute approximate surface area is 61.8 Å². The summed E-state index contributed by atoms with van der Waals surface area (Å²) >= 11 is 0. The van der Waals surface area contributed by atoms with Gasteiger partial charge in [0.25, 0.3) is 0 Å². The van der Waals surface area contributed by atoms with E-state index in [1.807, 2.05) is 0 Å². The van der Waals surface area contributed by atoms with Crippen LogP contribution in [0.1, 0.15) is 26.2 Å². The third kappa shape index (κ3) is 0.615. The van der Waals surface area contributed by atoms with Crippen molar-refractivity contribution in [3.05, 3.63) is 11.6 Å². The molecule has 1 fully saturated rings. The highest BCUT2D eigenvalue weighted by Crippen LogP contribution is 2.56. The van der Waals surface area contributed by atoms with Crippen molar-refractivity contribution in [2.75, 3.05) is 6.61 Å². The lowest BCUT2D eigenvalue weighted by Gasteiger charge is -2.43. The molecule has 1 nitrogen and oxygen atoms in total. The van der Waals surface area contributed by atoms with Gasteiger partial charge >= 0.3 is 0 Å². The van der Waals surface area contributed by atoms with Crippen molar-refractivity contribution >= 4 is 0 Å². The summed E-state index contributed by atoms with van der Waals surface area (Å²) in [5.74, 6) is 0.734. The highest BCUT2D eigenvalue weighted by atomic mass is 16.3. The summed E-state index contributed by atoms with van der Waals surface area (Å²) in [5, 5.41) is 8.93. The molecule has 0 unspecified atom stereocenters. The Balaban J connectivity index is 2.16. The van der Waals surface area contributed by atoms with Crippen LogP contribution < -0.4 is 0 Å². The average Bonchev–Trinajstić information content (AvgIpc) is 2.12. The molecular weight excluding hydrogens is 124 g/mol. The Morgan fingerprint density at radius 3 is 2.90 bits per heavy atom. The molecule has 0 bridgehead atoms. The molecule has 56 valence electrons. The van der Waals surface area contributed by atoms with E-state index in [0.29, 0.717) is 12.0 Å². The van der Waals surface area contributed by atoms with Crippen LogP contribution >= 0.6 is 0 Å². The predicted molar refractivity (Wildman–Crippen MR) is 40.6 cm³/mol. The van der Waals surface area contributed by atoms with Crippen LogP contribution in [0, 0.1) is 11.3 Å². The maximum absolute atomic E-state index is 8.93. The second-order valence-electron chi connectivity index (χ2n) is 3.89. The fraction of sp³-hybridized carbons (Fsp3) is 0.778. The van der Waals surface area contributed by atoms with E-state index >= 15 is 0 Å². The minimum atomic E-state index is 0.292. The van der Waals surface area contributed by atoms with E-state index in [1.54, 1.807) is 0 Å². The maximum Gasteiger partial charge on any atom is 0.0644 e. The first-order valence-electron chi connectivity index (χ1n) is 4.06. The minimum Gasteiger partial charge on any atom is -0.392 e. The maximum atomic E-state index is 8.93. The molecule has 2 aliphatic carbocycles. The monoisotopic (exact) mass is 138 g/mol. The number of allylic oxidation sites excluding steroid dienone is 1. The van der Waals surface area contributed by atoms with Gasteiger partial charge in [0.2, 0.25) is 0 Å². The van der Waals surface area contributed by atoms with E-state index in [4.69, 9.17) is 5.11 Å². The highest BCUT2D eigenvalue weighted by molar-refractivity contribution is 5.23. The molecule has 0 spiro atoms. The van der Waals surface area contributed by atoms with Crippen molar-refractivity contribution < 1.29 is 5.11 Å². The number of rotatable bonds is 1. The average molecular weight is 138 g/mol. The summed E-state index contributed by atoms with van der Waals surface area (Å²) < 4.78 is 0. The van der Waals surface area contributed by atoms with Gasteiger partial charge in [-0.2, -0.15) is 0 Å². The normalized spacial score (nSPS) is 44.2. The van der Waals surface area contributed by atoms with Crippen molar-refractivity contribution in [2.45, 2.75) is 26.2 Å². The second-order valence-corrected chi connectivity index (χ2v) is 3.89. The van der Waals surface area contributed by atoms with Crippen molar-refractivity contribution in [1.29, 1.82) is 0 Å². The first kappa shape index (κ1) is 6.41. The Morgan fingerprint density at radius 1 is 1.80 bits per heavy atom. The molecule has 1 heteroatoms. The predicted octanol–water partition coefficient (Wildman–Crippen LogP) is 1.73. The van der Waals surface area contributed by atoms with Crippen LogP contribution in [0.3, 0.4) is 0 Å². The summed E-state index contributed by atoms with van der Waals surface area (Å²) in [5.41, 5.74) is 1.85. The molecule has 0 aromatic heterocycles. The summed E-state index contributed by atoms with van der Waals surface area (Å²) in [6.07, 6.45) is 6.10. The Hall–Kier alpha value is -0.300. The van der Waals surface area contributed by atoms with Gasteiger partial charge in [-0.05, 0) is 36.2 Å². The molecule has 2 aliphatic rings. The fourth-order valence-electron chi connectivity index (χ4n) is 2.34. The zero-order valence-corrected chi connectivity index (χ0v) is 6.43. The van der Waals surface area contributed by atoms with Gasteiger partial charge in [0.1, 0.15) is 0 Å². The standard InChI is InChI=1S/C9H14O/c1-9-4-2-7(6-10)8(9)3-5-9/h2,8,10H,3-6H2,1H3/t8-,9-/m0/s1. The third-order valence-corrected chi connectivity index (χ3v) is 3.31. The molecule has 0 aromatic rings. The molecule has 0 amide bonds. The van der Waals surface area contributed by atoms with Crippen molar-refractivity contribution in [2.24, 2.45) is 11.3 Å². The van der Waals surface area contributed by atoms with Crippen molar-refractivity contribution in [3.8, 4) is 0 Å². The summed E-state index contributed by atoms with van der Waals surface area (Å²) in [6, 6.07) is 0. The summed E-state index contributed by atoms with van der Waals surface area (Å²) in [7, 11) is 0. The number of aliphatic hydroxyl groups is 1. The molecule has 0 radical (unpaired) electrons. The van der Waals surface area contributed by atoms with E-state index in [9.17, 15) is 0 Å². The summed E-state index contributed by atoms with van der Waals surface area (Å²) in [4.78, 5) is 0. The van der Waals surface area contributed by atoms with Crippen LogP contribution in [-0.4, -0.2) is 11.7 Å². The minimum absolute atomic E-state index is 0.292. The van der Waals surface area contributed by atoms with E-state index in [2.05, 4.69) is 13.0 Å². The number of aliphatic hydroxyl groups excluding tert-OH is 1. The Morgan fingerprint density at radius 2 is 2.60 bits per heavy atom. The Bertz CT molecular complexity index is 183. The van der Waals surface area contributed by atoms with Gasteiger partial charge < -0.3 is 5.11 Å². The smallest absolute Gasteiger partial charge is 0.0644 e.